The van der Waals surface area contributed by atoms with Crippen LogP contribution in [0.25, 0.3) is 0 Å². The molecule has 0 fully saturated rings. The summed E-state index contributed by atoms with van der Waals surface area (Å²) in [5.41, 5.74) is 0.405. The zero-order valence-corrected chi connectivity index (χ0v) is 20.4. The van der Waals surface area contributed by atoms with Gasteiger partial charge in [0.1, 0.15) is 17.7 Å². The summed E-state index contributed by atoms with van der Waals surface area (Å²) < 4.78 is 9.56. The van der Waals surface area contributed by atoms with Crippen molar-refractivity contribution in [1.82, 2.24) is 10.6 Å². The van der Waals surface area contributed by atoms with Gasteiger partial charge in [-0.25, -0.2) is 9.59 Å². The lowest BCUT2D eigenvalue weighted by Crippen LogP contribution is -2.52. The molecule has 0 radical (unpaired) electrons. The molecule has 3 atom stereocenters. The van der Waals surface area contributed by atoms with Gasteiger partial charge in [-0.2, -0.15) is 11.8 Å². The van der Waals surface area contributed by atoms with Crippen LogP contribution in [0.15, 0.2) is 30.3 Å². The van der Waals surface area contributed by atoms with Crippen LogP contribution in [0.5, 0.6) is 0 Å². The highest BCUT2D eigenvalue weighted by Crippen LogP contribution is 2.15. The molecule has 1 rings (SSSR count). The van der Waals surface area contributed by atoms with Crippen LogP contribution in [0, 0.1) is 12.3 Å². The van der Waals surface area contributed by atoms with Crippen LogP contribution in [0.1, 0.15) is 33.3 Å². The van der Waals surface area contributed by atoms with Crippen molar-refractivity contribution in [2.24, 2.45) is 0 Å². The van der Waals surface area contributed by atoms with E-state index in [1.165, 1.54) is 18.7 Å². The van der Waals surface area contributed by atoms with E-state index in [9.17, 15) is 14.4 Å². The van der Waals surface area contributed by atoms with E-state index in [1.807, 2.05) is 30.3 Å². The standard InChI is InChI=1S/C21H27IN2O5S/c1-6-17(22)28-19(26)16(13-30-12-15-10-8-7-9-11-15)24-18(25)14(2)23-20(27)29-21(3,4)5/h1,7-11,14,16-17H,12-13H2,2-5H3,(H,23,27)(H,24,25)/t14-,16-,17?/m0/s1. The van der Waals surface area contributed by atoms with Gasteiger partial charge < -0.3 is 20.1 Å². The number of hydrogen-bond donors (Lipinski definition) is 2. The van der Waals surface area contributed by atoms with Crippen LogP contribution < -0.4 is 10.6 Å². The summed E-state index contributed by atoms with van der Waals surface area (Å²) in [6.45, 7) is 6.67. The Balaban J connectivity index is 2.70. The Bertz CT molecular complexity index is 761. The predicted octanol–water partition coefficient (Wildman–Crippen LogP) is 3.26. The van der Waals surface area contributed by atoms with Gasteiger partial charge in [0.2, 0.25) is 10.0 Å². The van der Waals surface area contributed by atoms with E-state index in [2.05, 4.69) is 16.6 Å². The van der Waals surface area contributed by atoms with Gasteiger partial charge in [-0.1, -0.05) is 36.3 Å². The third kappa shape index (κ3) is 10.7. The average molecular weight is 546 g/mol. The van der Waals surface area contributed by atoms with Crippen LogP contribution >= 0.6 is 34.4 Å². The molecule has 0 aliphatic heterocycles. The van der Waals surface area contributed by atoms with E-state index >= 15 is 0 Å². The minimum atomic E-state index is -0.917. The number of benzene rings is 1. The number of carbonyl (C=O) groups is 3. The average Bonchev–Trinajstić information content (AvgIpc) is 2.66. The highest BCUT2D eigenvalue weighted by molar-refractivity contribution is 14.1. The number of rotatable bonds is 9. The fourth-order valence-electron chi connectivity index (χ4n) is 2.10. The predicted molar refractivity (Wildman–Crippen MR) is 126 cm³/mol. The number of ether oxygens (including phenoxy) is 2. The number of thioether (sulfide) groups is 1. The number of nitrogens with one attached hydrogen (secondary N) is 2. The molecular weight excluding hydrogens is 519 g/mol. The summed E-state index contributed by atoms with van der Waals surface area (Å²) in [6.07, 6.45) is 4.54. The molecule has 0 heterocycles. The number of halogens is 1. The Morgan fingerprint density at radius 1 is 1.20 bits per heavy atom. The second-order valence-corrected chi connectivity index (χ2v) is 9.51. The summed E-state index contributed by atoms with van der Waals surface area (Å²) in [4.78, 5) is 36.8. The SMILES string of the molecule is C#CC(I)OC(=O)[C@H](CSCc1ccccc1)NC(=O)[C@H](C)NC(=O)OC(C)(C)C. The van der Waals surface area contributed by atoms with E-state index < -0.39 is 39.8 Å². The molecule has 1 aromatic rings. The van der Waals surface area contributed by atoms with Gasteiger partial charge in [0.25, 0.3) is 0 Å². The molecule has 0 aliphatic carbocycles. The second kappa shape index (κ2) is 12.7. The maximum absolute atomic E-state index is 12.5. The number of hydrogen-bond acceptors (Lipinski definition) is 6. The van der Waals surface area contributed by atoms with Crippen molar-refractivity contribution in [3.05, 3.63) is 35.9 Å². The minimum Gasteiger partial charge on any atom is -0.444 e. The molecule has 0 saturated heterocycles. The van der Waals surface area contributed by atoms with E-state index in [0.29, 0.717) is 5.75 Å². The molecule has 0 aromatic heterocycles. The number of carbonyl (C=O) groups excluding carboxylic acids is 3. The number of alkyl halides is 1. The molecule has 2 N–H and O–H groups in total. The summed E-state index contributed by atoms with van der Waals surface area (Å²) in [7, 11) is 0. The number of esters is 1. The molecule has 30 heavy (non-hydrogen) atoms. The van der Waals surface area contributed by atoms with Gasteiger partial charge >= 0.3 is 12.1 Å². The van der Waals surface area contributed by atoms with Crippen LogP contribution in [0.4, 0.5) is 4.79 Å². The molecule has 7 nitrogen and oxygen atoms in total. The Kier molecular flexibility index (Phi) is 11.0. The molecule has 2 amide bonds. The maximum atomic E-state index is 12.5. The number of amides is 2. The molecule has 0 saturated carbocycles. The van der Waals surface area contributed by atoms with Crippen molar-refractivity contribution in [2.75, 3.05) is 5.75 Å². The Hall–Kier alpha value is -1.93. The highest BCUT2D eigenvalue weighted by atomic mass is 127. The van der Waals surface area contributed by atoms with Gasteiger partial charge in [-0.15, -0.1) is 6.42 Å². The van der Waals surface area contributed by atoms with Crippen molar-refractivity contribution in [2.45, 2.75) is 55.2 Å². The van der Waals surface area contributed by atoms with E-state index in [4.69, 9.17) is 15.9 Å². The van der Waals surface area contributed by atoms with E-state index in [1.54, 1.807) is 43.4 Å². The smallest absolute Gasteiger partial charge is 0.408 e. The van der Waals surface area contributed by atoms with Gasteiger partial charge in [-0.3, -0.25) is 4.79 Å². The molecule has 0 spiro atoms. The van der Waals surface area contributed by atoms with E-state index in [-0.39, 0.29) is 5.75 Å². The zero-order valence-electron chi connectivity index (χ0n) is 17.4. The first kappa shape index (κ1) is 26.1. The Morgan fingerprint density at radius 3 is 2.40 bits per heavy atom. The first-order valence-electron chi connectivity index (χ1n) is 9.24. The summed E-state index contributed by atoms with van der Waals surface area (Å²) in [5, 5.41) is 5.07. The number of alkyl carbamates (subject to hydrolysis) is 1. The molecule has 0 aliphatic rings. The molecule has 1 unspecified atom stereocenters. The fraction of sp³-hybridized carbons (Fsp3) is 0.476. The summed E-state index contributed by atoms with van der Waals surface area (Å²) in [5.74, 6) is 2.09. The van der Waals surface area contributed by atoms with Crippen LogP contribution in [-0.2, 0) is 24.8 Å². The van der Waals surface area contributed by atoms with Crippen LogP contribution in [0.2, 0.25) is 0 Å². The molecule has 1 aromatic carbocycles. The largest absolute Gasteiger partial charge is 0.444 e. The van der Waals surface area contributed by atoms with Gasteiger partial charge in [0.15, 0.2) is 0 Å². The Labute approximate surface area is 195 Å². The number of terminal acetylenes is 1. The monoisotopic (exact) mass is 546 g/mol. The quantitative estimate of drug-likeness (QED) is 0.214. The third-order valence-electron chi connectivity index (χ3n) is 3.47. The lowest BCUT2D eigenvalue weighted by molar-refractivity contribution is -0.146. The topological polar surface area (TPSA) is 93.7 Å². The molecule has 0 bridgehead atoms. The molecular formula is C21H27IN2O5S. The first-order valence-corrected chi connectivity index (χ1v) is 11.6. The van der Waals surface area contributed by atoms with Crippen molar-refractivity contribution < 1.29 is 23.9 Å². The van der Waals surface area contributed by atoms with Gasteiger partial charge in [0, 0.05) is 11.5 Å². The third-order valence-corrected chi connectivity index (χ3v) is 5.19. The van der Waals surface area contributed by atoms with Crippen molar-refractivity contribution >= 4 is 52.3 Å². The minimum absolute atomic E-state index is 0.284. The van der Waals surface area contributed by atoms with Crippen molar-refractivity contribution in [3.8, 4) is 12.3 Å². The van der Waals surface area contributed by atoms with Gasteiger partial charge in [0.05, 0.1) is 0 Å². The molecule has 164 valence electrons. The fourth-order valence-corrected chi connectivity index (χ4v) is 3.35. The van der Waals surface area contributed by atoms with E-state index in [0.717, 1.165) is 5.56 Å². The van der Waals surface area contributed by atoms with Crippen molar-refractivity contribution in [3.63, 3.8) is 0 Å². The molecule has 9 heteroatoms. The zero-order chi connectivity index (χ0) is 22.7. The first-order chi connectivity index (χ1) is 14.0. The Morgan fingerprint density at radius 2 is 1.83 bits per heavy atom. The lowest BCUT2D eigenvalue weighted by Gasteiger charge is -2.23. The second-order valence-electron chi connectivity index (χ2n) is 7.35. The van der Waals surface area contributed by atoms with Crippen LogP contribution in [-0.4, -0.2) is 45.5 Å². The summed E-state index contributed by atoms with van der Waals surface area (Å²) >= 11 is 3.28. The normalized spacial score (nSPS) is 13.9. The highest BCUT2D eigenvalue weighted by Gasteiger charge is 2.27. The maximum Gasteiger partial charge on any atom is 0.408 e. The van der Waals surface area contributed by atoms with Crippen molar-refractivity contribution in [1.29, 1.82) is 0 Å². The lowest BCUT2D eigenvalue weighted by atomic mass is 10.2. The van der Waals surface area contributed by atoms with Crippen LogP contribution in [0.3, 0.4) is 0 Å². The summed E-state index contributed by atoms with van der Waals surface area (Å²) in [6, 6.07) is 7.92. The van der Waals surface area contributed by atoms with Gasteiger partial charge in [-0.05, 0) is 55.8 Å².